The molecule has 1 fully saturated rings. The average molecular weight is 517 g/mol. The van der Waals surface area contributed by atoms with Crippen LogP contribution in [0.15, 0.2) is 63.2 Å². The Balaban J connectivity index is 1.09. The van der Waals surface area contributed by atoms with Crippen molar-refractivity contribution in [3.63, 3.8) is 0 Å². The van der Waals surface area contributed by atoms with E-state index >= 15 is 0 Å². The average Bonchev–Trinajstić information content (AvgIpc) is 3.67. The van der Waals surface area contributed by atoms with Crippen LogP contribution < -0.4 is 16.4 Å². The number of H-pyrrole nitrogens is 1. The van der Waals surface area contributed by atoms with Crippen LogP contribution in [0.25, 0.3) is 11.0 Å². The Morgan fingerprint density at radius 2 is 1.95 bits per heavy atom. The normalized spacial score (nSPS) is 18.7. The second kappa shape index (κ2) is 9.50. The van der Waals surface area contributed by atoms with Gasteiger partial charge in [-0.3, -0.25) is 19.1 Å². The third-order valence-electron chi connectivity index (χ3n) is 6.46. The van der Waals surface area contributed by atoms with Crippen LogP contribution in [0.5, 0.6) is 0 Å². The van der Waals surface area contributed by atoms with E-state index in [0.29, 0.717) is 12.2 Å². The molecule has 6 rings (SSSR count). The van der Waals surface area contributed by atoms with Gasteiger partial charge < -0.3 is 10.6 Å². The number of fused-ring (bicyclic) bond motifs is 2. The van der Waals surface area contributed by atoms with Gasteiger partial charge in [0.25, 0.3) is 11.8 Å². The van der Waals surface area contributed by atoms with Crippen molar-refractivity contribution >= 4 is 34.6 Å². The van der Waals surface area contributed by atoms with Gasteiger partial charge in [0.1, 0.15) is 28.7 Å². The number of nitrogens with zero attached hydrogens (tertiary/aromatic N) is 5. The summed E-state index contributed by atoms with van der Waals surface area (Å²) < 4.78 is 13.0. The molecule has 12 nitrogen and oxygen atoms in total. The maximum absolute atomic E-state index is 13.0. The van der Waals surface area contributed by atoms with E-state index in [1.165, 1.54) is 12.4 Å². The summed E-state index contributed by atoms with van der Waals surface area (Å²) in [6.07, 6.45) is 7.49. The van der Waals surface area contributed by atoms with Crippen molar-refractivity contribution < 1.29 is 14.1 Å². The van der Waals surface area contributed by atoms with Gasteiger partial charge in [0.05, 0.1) is 17.8 Å². The largest absolute Gasteiger partial charge is 0.438 e. The number of hydrogen-bond acceptors (Lipinski definition) is 10. The zero-order chi connectivity index (χ0) is 25.4. The lowest BCUT2D eigenvalue weighted by Crippen LogP contribution is -2.35. The molecule has 186 valence electrons. The van der Waals surface area contributed by atoms with Gasteiger partial charge in [0.15, 0.2) is 5.82 Å². The van der Waals surface area contributed by atoms with E-state index < -0.39 is 11.7 Å². The molecule has 1 unspecified atom stereocenters. The van der Waals surface area contributed by atoms with Crippen molar-refractivity contribution in [1.29, 1.82) is 0 Å². The predicted molar refractivity (Wildman–Crippen MR) is 132 cm³/mol. The summed E-state index contributed by atoms with van der Waals surface area (Å²) in [5.41, 5.74) is 4.84. The summed E-state index contributed by atoms with van der Waals surface area (Å²) in [4.78, 5) is 47.6. The third kappa shape index (κ3) is 4.68. The molecule has 0 bridgehead atoms. The fourth-order valence-corrected chi connectivity index (χ4v) is 5.15. The van der Waals surface area contributed by atoms with Gasteiger partial charge in [-0.1, -0.05) is 23.4 Å². The highest BCUT2D eigenvalue weighted by Crippen LogP contribution is 2.38. The van der Waals surface area contributed by atoms with Crippen LogP contribution >= 0.6 is 11.7 Å². The molecule has 4 aromatic rings. The van der Waals surface area contributed by atoms with E-state index in [2.05, 4.69) is 56.2 Å². The van der Waals surface area contributed by atoms with Gasteiger partial charge >= 0.3 is 5.76 Å². The summed E-state index contributed by atoms with van der Waals surface area (Å²) >= 11 is 1.14. The van der Waals surface area contributed by atoms with Gasteiger partial charge in [0.2, 0.25) is 0 Å². The van der Waals surface area contributed by atoms with Crippen LogP contribution in [-0.4, -0.2) is 46.7 Å². The van der Waals surface area contributed by atoms with Gasteiger partial charge in [-0.05, 0) is 48.1 Å². The Morgan fingerprint density at radius 3 is 2.78 bits per heavy atom. The molecule has 0 radical (unpaired) electrons. The van der Waals surface area contributed by atoms with Crippen LogP contribution in [0, 0.1) is 0 Å². The van der Waals surface area contributed by atoms with Crippen molar-refractivity contribution in [2.24, 2.45) is 0 Å². The number of allylic oxidation sites excluding steroid dienone is 2. The Hall–Kier alpha value is -4.52. The molecule has 2 aliphatic carbocycles. The predicted octanol–water partition coefficient (Wildman–Crippen LogP) is 2.02. The minimum absolute atomic E-state index is 0.0670. The van der Waals surface area contributed by atoms with E-state index in [0.717, 1.165) is 52.3 Å². The van der Waals surface area contributed by atoms with Crippen LogP contribution in [0.4, 0.5) is 0 Å². The van der Waals surface area contributed by atoms with Crippen LogP contribution in [-0.2, 0) is 6.54 Å². The minimum Gasteiger partial charge on any atom is -0.347 e. The number of rotatable bonds is 6. The van der Waals surface area contributed by atoms with E-state index in [9.17, 15) is 14.4 Å². The number of carbonyl (C=O) groups is 2. The summed E-state index contributed by atoms with van der Waals surface area (Å²) in [7, 11) is 0. The smallest absolute Gasteiger partial charge is 0.347 e. The molecule has 3 aromatic heterocycles. The van der Waals surface area contributed by atoms with Crippen LogP contribution in [0.1, 0.15) is 57.5 Å². The van der Waals surface area contributed by atoms with E-state index in [1.807, 2.05) is 18.2 Å². The number of benzene rings is 1. The van der Waals surface area contributed by atoms with E-state index in [4.69, 9.17) is 0 Å². The van der Waals surface area contributed by atoms with Crippen LogP contribution in [0.2, 0.25) is 0 Å². The lowest BCUT2D eigenvalue weighted by atomic mass is 9.90. The van der Waals surface area contributed by atoms with Crippen molar-refractivity contribution in [1.82, 2.24) is 39.5 Å². The fraction of sp³-hybridized carbons (Fsp3) is 0.250. The molecule has 2 atom stereocenters. The maximum atomic E-state index is 13.0. The summed E-state index contributed by atoms with van der Waals surface area (Å²) in [5.74, 6) is -0.943. The molecule has 1 aromatic carbocycles. The Kier molecular flexibility index (Phi) is 5.88. The minimum atomic E-state index is -0.577. The standard InChI is InChI=1S/C24H20N8O4S/c33-22(25-10-12-1-5-17-18(7-12)32-37-31-17)19-9-20(27-11-26-19)23(34)28-16-6-3-13-8-14(2-4-15(13)16)21-29-24(35)36-30-21/h1,4-5,7-9,11,14,16H,2-3,6,10H2,(H,25,33)(H,28,34)(H,29,30,35)/t14?,16-/m0/s1. The fourth-order valence-electron chi connectivity index (χ4n) is 4.63. The molecule has 3 N–H and O–H groups in total. The molecular weight excluding hydrogens is 496 g/mol. The van der Waals surface area contributed by atoms with Crippen molar-refractivity contribution in [3.8, 4) is 0 Å². The Labute approximate surface area is 213 Å². The molecule has 0 spiro atoms. The summed E-state index contributed by atoms with van der Waals surface area (Å²) in [6, 6.07) is 6.82. The molecule has 13 heteroatoms. The highest BCUT2D eigenvalue weighted by Gasteiger charge is 2.31. The second-order valence-electron chi connectivity index (χ2n) is 8.80. The topological polar surface area (TPSA) is 169 Å². The number of carbonyl (C=O) groups excluding carboxylic acids is 2. The van der Waals surface area contributed by atoms with E-state index in [-0.39, 0.29) is 35.8 Å². The van der Waals surface area contributed by atoms with Crippen LogP contribution in [0.3, 0.4) is 0 Å². The summed E-state index contributed by atoms with van der Waals surface area (Å²) in [6.45, 7) is 0.284. The van der Waals surface area contributed by atoms with Crippen molar-refractivity contribution in [2.45, 2.75) is 37.8 Å². The molecule has 0 aliphatic heterocycles. The van der Waals surface area contributed by atoms with Crippen molar-refractivity contribution in [2.75, 3.05) is 0 Å². The molecular formula is C24H20N8O4S. The van der Waals surface area contributed by atoms with Crippen molar-refractivity contribution in [3.05, 3.63) is 87.2 Å². The zero-order valence-corrected chi connectivity index (χ0v) is 20.1. The zero-order valence-electron chi connectivity index (χ0n) is 19.3. The lowest BCUT2D eigenvalue weighted by Gasteiger charge is -2.20. The number of aromatic nitrogens is 6. The molecule has 37 heavy (non-hydrogen) atoms. The molecule has 1 saturated carbocycles. The van der Waals surface area contributed by atoms with Gasteiger partial charge in [0, 0.05) is 18.5 Å². The van der Waals surface area contributed by atoms with Gasteiger partial charge in [-0.2, -0.15) is 8.75 Å². The highest BCUT2D eigenvalue weighted by atomic mass is 32.1. The monoisotopic (exact) mass is 516 g/mol. The van der Waals surface area contributed by atoms with Gasteiger partial charge in [-0.15, -0.1) is 0 Å². The SMILES string of the molecule is O=C(NCc1ccc2nsnc2c1)c1cc(C(=O)N[C@H]2CCC3=CC(c4noc(=O)[nH]4)CC=C32)ncn1. The second-order valence-corrected chi connectivity index (χ2v) is 9.33. The van der Waals surface area contributed by atoms with E-state index in [1.54, 1.807) is 0 Å². The van der Waals surface area contributed by atoms with Gasteiger partial charge in [-0.25, -0.2) is 14.8 Å². The Bertz CT molecular complexity index is 1630. The maximum Gasteiger partial charge on any atom is 0.438 e. The lowest BCUT2D eigenvalue weighted by molar-refractivity contribution is 0.0938. The first-order chi connectivity index (χ1) is 18.0. The quantitative estimate of drug-likeness (QED) is 0.347. The molecule has 0 saturated heterocycles. The number of nitrogens with one attached hydrogen (secondary N) is 3. The first-order valence-corrected chi connectivity index (χ1v) is 12.4. The molecule has 3 heterocycles. The highest BCUT2D eigenvalue weighted by molar-refractivity contribution is 7.00. The number of hydrogen-bond donors (Lipinski definition) is 3. The molecule has 2 amide bonds. The first kappa shape index (κ1) is 22.9. The third-order valence-corrected chi connectivity index (χ3v) is 7.02. The summed E-state index contributed by atoms with van der Waals surface area (Å²) in [5, 5.41) is 9.61. The Morgan fingerprint density at radius 1 is 1.11 bits per heavy atom. The number of aromatic amines is 1. The first-order valence-electron chi connectivity index (χ1n) is 11.6. The molecule has 2 aliphatic rings. The number of amides is 2.